The molecule has 5 heteroatoms. The van der Waals surface area contributed by atoms with Gasteiger partial charge in [-0.2, -0.15) is 0 Å². The van der Waals surface area contributed by atoms with Crippen LogP contribution in [0.1, 0.15) is 36.7 Å². The monoisotopic (exact) mass is 321 g/mol. The van der Waals surface area contributed by atoms with E-state index in [1.165, 1.54) is 11.8 Å². The summed E-state index contributed by atoms with van der Waals surface area (Å²) < 4.78 is 0. The van der Waals surface area contributed by atoms with Crippen molar-refractivity contribution in [2.45, 2.75) is 36.1 Å². The average Bonchev–Trinajstić information content (AvgIpc) is 2.40. The molecule has 0 saturated heterocycles. The molecule has 0 spiro atoms. The summed E-state index contributed by atoms with van der Waals surface area (Å²) in [5, 5.41) is 10.1. The standard InChI is InChI=1S/C16H16ClNO2S/c1-16(2,3)10-4-7-14(18-9-10)21-11-5-6-13(17)12(8-11)15(19)20/h4-9H,1-3H3,(H,19,20). The van der Waals surface area contributed by atoms with Crippen molar-refractivity contribution in [1.29, 1.82) is 0 Å². The number of hydrogen-bond acceptors (Lipinski definition) is 3. The molecule has 2 aromatic rings. The van der Waals surface area contributed by atoms with E-state index in [2.05, 4.69) is 25.8 Å². The summed E-state index contributed by atoms with van der Waals surface area (Å²) in [6.07, 6.45) is 1.86. The average molecular weight is 322 g/mol. The molecule has 0 amide bonds. The van der Waals surface area contributed by atoms with Crippen LogP contribution in [-0.4, -0.2) is 16.1 Å². The lowest BCUT2D eigenvalue weighted by molar-refractivity contribution is 0.0697. The molecule has 1 N–H and O–H groups in total. The van der Waals surface area contributed by atoms with Gasteiger partial charge in [0.1, 0.15) is 5.03 Å². The van der Waals surface area contributed by atoms with Crippen molar-refractivity contribution in [1.82, 2.24) is 4.98 Å². The Labute approximate surface area is 133 Å². The van der Waals surface area contributed by atoms with Crippen molar-refractivity contribution < 1.29 is 9.90 Å². The number of carbonyl (C=O) groups is 1. The number of halogens is 1. The van der Waals surface area contributed by atoms with E-state index >= 15 is 0 Å². The Bertz CT molecular complexity index is 663. The van der Waals surface area contributed by atoms with E-state index in [0.717, 1.165) is 15.5 Å². The Hall–Kier alpha value is -1.52. The largest absolute Gasteiger partial charge is 0.478 e. The zero-order valence-corrected chi connectivity index (χ0v) is 13.6. The van der Waals surface area contributed by atoms with Crippen molar-refractivity contribution in [2.24, 2.45) is 0 Å². The maximum Gasteiger partial charge on any atom is 0.337 e. The molecule has 3 nitrogen and oxygen atoms in total. The molecule has 0 bridgehead atoms. The second-order valence-electron chi connectivity index (χ2n) is 5.68. The van der Waals surface area contributed by atoms with Crippen LogP contribution in [0, 0.1) is 0 Å². The van der Waals surface area contributed by atoms with Crippen LogP contribution in [0.2, 0.25) is 5.02 Å². The fourth-order valence-electron chi connectivity index (χ4n) is 1.74. The van der Waals surface area contributed by atoms with Crippen LogP contribution in [-0.2, 0) is 5.41 Å². The fraction of sp³-hybridized carbons (Fsp3) is 0.250. The number of aromatic carboxylic acids is 1. The number of carboxylic acid groups (broad SMARTS) is 1. The third-order valence-corrected chi connectivity index (χ3v) is 4.26. The summed E-state index contributed by atoms with van der Waals surface area (Å²) in [6, 6.07) is 8.94. The molecule has 110 valence electrons. The highest BCUT2D eigenvalue weighted by molar-refractivity contribution is 7.99. The quantitative estimate of drug-likeness (QED) is 0.875. The number of aromatic nitrogens is 1. The molecule has 21 heavy (non-hydrogen) atoms. The second-order valence-corrected chi connectivity index (χ2v) is 7.18. The van der Waals surface area contributed by atoms with E-state index in [0.29, 0.717) is 0 Å². The number of benzene rings is 1. The second kappa shape index (κ2) is 6.08. The molecule has 0 aliphatic rings. The maximum absolute atomic E-state index is 11.1. The Balaban J connectivity index is 2.22. The molecular weight excluding hydrogens is 306 g/mol. The van der Waals surface area contributed by atoms with Crippen molar-refractivity contribution >= 4 is 29.3 Å². The summed E-state index contributed by atoms with van der Waals surface area (Å²) in [5.74, 6) is -1.03. The minimum absolute atomic E-state index is 0.0624. The molecular formula is C16H16ClNO2S. The van der Waals surface area contributed by atoms with Gasteiger partial charge in [-0.3, -0.25) is 0 Å². The van der Waals surface area contributed by atoms with E-state index in [1.807, 2.05) is 18.3 Å². The summed E-state index contributed by atoms with van der Waals surface area (Å²) in [4.78, 5) is 16.3. The molecule has 0 saturated carbocycles. The van der Waals surface area contributed by atoms with Crippen LogP contribution < -0.4 is 0 Å². The highest BCUT2D eigenvalue weighted by Gasteiger charge is 2.14. The minimum atomic E-state index is -1.03. The van der Waals surface area contributed by atoms with Crippen molar-refractivity contribution in [2.75, 3.05) is 0 Å². The number of rotatable bonds is 3. The zero-order chi connectivity index (χ0) is 15.6. The van der Waals surface area contributed by atoms with Gasteiger partial charge in [0.05, 0.1) is 10.6 Å². The van der Waals surface area contributed by atoms with Crippen LogP contribution in [0.5, 0.6) is 0 Å². The summed E-state index contributed by atoms with van der Waals surface area (Å²) in [6.45, 7) is 6.40. The van der Waals surface area contributed by atoms with Crippen LogP contribution >= 0.6 is 23.4 Å². The number of pyridine rings is 1. The molecule has 1 aromatic heterocycles. The molecule has 0 aliphatic heterocycles. The molecule has 0 radical (unpaired) electrons. The van der Waals surface area contributed by atoms with Gasteiger partial charge in [0, 0.05) is 11.1 Å². The summed E-state index contributed by atoms with van der Waals surface area (Å²) in [7, 11) is 0. The molecule has 2 rings (SSSR count). The zero-order valence-electron chi connectivity index (χ0n) is 12.1. The predicted octanol–water partition coefficient (Wildman–Crippen LogP) is 4.88. The highest BCUT2D eigenvalue weighted by Crippen LogP contribution is 2.30. The van der Waals surface area contributed by atoms with Crippen molar-refractivity contribution in [3.8, 4) is 0 Å². The fourth-order valence-corrected chi connectivity index (χ4v) is 2.73. The van der Waals surface area contributed by atoms with E-state index in [-0.39, 0.29) is 16.0 Å². The molecule has 0 aliphatic carbocycles. The first-order chi connectivity index (χ1) is 9.77. The van der Waals surface area contributed by atoms with Crippen LogP contribution in [0.15, 0.2) is 46.5 Å². The number of nitrogens with zero attached hydrogens (tertiary/aromatic N) is 1. The summed E-state index contributed by atoms with van der Waals surface area (Å²) in [5.41, 5.74) is 1.33. The molecule has 1 aromatic carbocycles. The first-order valence-corrected chi connectivity index (χ1v) is 7.64. The first kappa shape index (κ1) is 15.9. The highest BCUT2D eigenvalue weighted by atomic mass is 35.5. The lowest BCUT2D eigenvalue weighted by Gasteiger charge is -2.18. The van der Waals surface area contributed by atoms with Gasteiger partial charge < -0.3 is 5.11 Å². The number of carboxylic acids is 1. The van der Waals surface area contributed by atoms with Gasteiger partial charge >= 0.3 is 5.97 Å². The Morgan fingerprint density at radius 2 is 1.95 bits per heavy atom. The van der Waals surface area contributed by atoms with Gasteiger partial charge in [0.15, 0.2) is 0 Å². The Kier molecular flexibility index (Phi) is 4.59. The minimum Gasteiger partial charge on any atom is -0.478 e. The van der Waals surface area contributed by atoms with Crippen LogP contribution in [0.25, 0.3) is 0 Å². The summed E-state index contributed by atoms with van der Waals surface area (Å²) >= 11 is 7.27. The third-order valence-electron chi connectivity index (χ3n) is 2.99. The topological polar surface area (TPSA) is 50.2 Å². The maximum atomic E-state index is 11.1. The van der Waals surface area contributed by atoms with Gasteiger partial charge in [0.25, 0.3) is 0 Å². The normalized spacial score (nSPS) is 11.4. The Morgan fingerprint density at radius 3 is 2.48 bits per heavy atom. The lowest BCUT2D eigenvalue weighted by Crippen LogP contribution is -2.11. The SMILES string of the molecule is CC(C)(C)c1ccc(Sc2ccc(Cl)c(C(=O)O)c2)nc1. The van der Waals surface area contributed by atoms with E-state index in [9.17, 15) is 4.79 Å². The lowest BCUT2D eigenvalue weighted by atomic mass is 9.88. The molecule has 1 heterocycles. The van der Waals surface area contributed by atoms with Gasteiger partial charge in [-0.1, -0.05) is 50.2 Å². The molecule has 0 atom stereocenters. The van der Waals surface area contributed by atoms with E-state index in [1.54, 1.807) is 18.2 Å². The van der Waals surface area contributed by atoms with Gasteiger partial charge in [0.2, 0.25) is 0 Å². The smallest absolute Gasteiger partial charge is 0.337 e. The molecule has 0 unspecified atom stereocenters. The third kappa shape index (κ3) is 3.99. The molecule has 0 fully saturated rings. The van der Waals surface area contributed by atoms with Crippen LogP contribution in [0.4, 0.5) is 0 Å². The van der Waals surface area contributed by atoms with Gasteiger partial charge in [-0.05, 0) is 35.2 Å². The Morgan fingerprint density at radius 1 is 1.24 bits per heavy atom. The first-order valence-electron chi connectivity index (χ1n) is 6.44. The van der Waals surface area contributed by atoms with Crippen molar-refractivity contribution in [3.63, 3.8) is 0 Å². The van der Waals surface area contributed by atoms with E-state index in [4.69, 9.17) is 16.7 Å². The van der Waals surface area contributed by atoms with Gasteiger partial charge in [-0.25, -0.2) is 9.78 Å². The number of hydrogen-bond donors (Lipinski definition) is 1. The predicted molar refractivity (Wildman–Crippen MR) is 85.5 cm³/mol. The van der Waals surface area contributed by atoms with Gasteiger partial charge in [-0.15, -0.1) is 0 Å². The van der Waals surface area contributed by atoms with Crippen molar-refractivity contribution in [3.05, 3.63) is 52.7 Å². The van der Waals surface area contributed by atoms with Crippen LogP contribution in [0.3, 0.4) is 0 Å². The van der Waals surface area contributed by atoms with E-state index < -0.39 is 5.97 Å².